The third-order valence-corrected chi connectivity index (χ3v) is 6.59. The SMILES string of the molecule is CCC1SCCSC1c1noc(C(N)CCCOC)n1. The number of hydrogen-bond donors (Lipinski definition) is 1. The fourth-order valence-electron chi connectivity index (χ4n) is 2.23. The predicted molar refractivity (Wildman–Crippen MR) is 84.1 cm³/mol. The molecule has 3 unspecified atom stereocenters. The Labute approximate surface area is 128 Å². The molecule has 0 bridgehead atoms. The van der Waals surface area contributed by atoms with Gasteiger partial charge < -0.3 is 15.0 Å². The summed E-state index contributed by atoms with van der Waals surface area (Å²) in [5.41, 5.74) is 6.08. The second-order valence-corrected chi connectivity index (χ2v) is 7.44. The Bertz CT molecular complexity index is 403. The zero-order chi connectivity index (χ0) is 14.4. The average Bonchev–Trinajstić information content (AvgIpc) is 2.97. The lowest BCUT2D eigenvalue weighted by atomic mass is 10.2. The highest BCUT2D eigenvalue weighted by molar-refractivity contribution is 8.06. The summed E-state index contributed by atoms with van der Waals surface area (Å²) in [7, 11) is 1.69. The van der Waals surface area contributed by atoms with Gasteiger partial charge in [0.25, 0.3) is 0 Å². The second kappa shape index (κ2) is 8.26. The smallest absolute Gasteiger partial charge is 0.243 e. The minimum atomic E-state index is -0.187. The molecule has 0 radical (unpaired) electrons. The molecule has 2 N–H and O–H groups in total. The van der Waals surface area contributed by atoms with Crippen LogP contribution in [0.5, 0.6) is 0 Å². The molecule has 0 aromatic carbocycles. The first-order chi connectivity index (χ1) is 9.76. The first-order valence-corrected chi connectivity index (χ1v) is 9.17. The zero-order valence-electron chi connectivity index (χ0n) is 12.1. The highest BCUT2D eigenvalue weighted by Gasteiger charge is 2.30. The van der Waals surface area contributed by atoms with E-state index in [-0.39, 0.29) is 6.04 Å². The Hall–Kier alpha value is -0.240. The Kier molecular flexibility index (Phi) is 6.67. The molecule has 7 heteroatoms. The van der Waals surface area contributed by atoms with E-state index in [9.17, 15) is 0 Å². The van der Waals surface area contributed by atoms with Crippen molar-refractivity contribution in [3.8, 4) is 0 Å². The number of thioether (sulfide) groups is 2. The van der Waals surface area contributed by atoms with Crippen LogP contribution in [0.2, 0.25) is 0 Å². The van der Waals surface area contributed by atoms with Crippen molar-refractivity contribution >= 4 is 23.5 Å². The van der Waals surface area contributed by atoms with E-state index in [4.69, 9.17) is 15.0 Å². The van der Waals surface area contributed by atoms with Crippen molar-refractivity contribution in [3.05, 3.63) is 11.7 Å². The normalized spacial score (nSPS) is 24.8. The summed E-state index contributed by atoms with van der Waals surface area (Å²) in [5.74, 6) is 3.73. The van der Waals surface area contributed by atoms with Gasteiger partial charge in [-0.25, -0.2) is 0 Å². The highest BCUT2D eigenvalue weighted by atomic mass is 32.2. The minimum Gasteiger partial charge on any atom is -0.385 e. The van der Waals surface area contributed by atoms with Crippen molar-refractivity contribution in [1.29, 1.82) is 0 Å². The lowest BCUT2D eigenvalue weighted by Gasteiger charge is -2.27. The van der Waals surface area contributed by atoms with Gasteiger partial charge in [0.15, 0.2) is 5.82 Å². The number of ether oxygens (including phenoxy) is 1. The molecule has 0 aliphatic carbocycles. The van der Waals surface area contributed by atoms with Crippen molar-refractivity contribution in [2.24, 2.45) is 5.73 Å². The molecule has 20 heavy (non-hydrogen) atoms. The topological polar surface area (TPSA) is 74.2 Å². The van der Waals surface area contributed by atoms with Crippen LogP contribution in [0.4, 0.5) is 0 Å². The van der Waals surface area contributed by atoms with Crippen molar-refractivity contribution in [2.75, 3.05) is 25.2 Å². The van der Waals surface area contributed by atoms with Gasteiger partial charge >= 0.3 is 0 Å². The van der Waals surface area contributed by atoms with Gasteiger partial charge in [0.05, 0.1) is 11.3 Å². The molecule has 2 heterocycles. The van der Waals surface area contributed by atoms with E-state index in [1.807, 2.05) is 23.5 Å². The average molecular weight is 317 g/mol. The summed E-state index contributed by atoms with van der Waals surface area (Å²) >= 11 is 3.94. The molecule has 0 spiro atoms. The first-order valence-electron chi connectivity index (χ1n) is 7.07. The maximum absolute atomic E-state index is 6.08. The van der Waals surface area contributed by atoms with Gasteiger partial charge in [0.2, 0.25) is 5.89 Å². The Morgan fingerprint density at radius 2 is 2.25 bits per heavy atom. The molecule has 2 rings (SSSR count). The molecule has 1 saturated heterocycles. The third-order valence-electron chi connectivity index (χ3n) is 3.35. The molecule has 0 saturated carbocycles. The monoisotopic (exact) mass is 317 g/mol. The van der Waals surface area contributed by atoms with Crippen LogP contribution < -0.4 is 5.73 Å². The quantitative estimate of drug-likeness (QED) is 0.775. The first kappa shape index (κ1) is 16.1. The Morgan fingerprint density at radius 1 is 1.45 bits per heavy atom. The van der Waals surface area contributed by atoms with Gasteiger partial charge in [-0.2, -0.15) is 16.7 Å². The van der Waals surface area contributed by atoms with Crippen LogP contribution in [0.1, 0.15) is 49.2 Å². The standard InChI is InChI=1S/C13H23N3O2S2/c1-3-10-11(20-8-7-19-10)12-15-13(18-16-12)9(14)5-4-6-17-2/h9-11H,3-8,14H2,1-2H3. The lowest BCUT2D eigenvalue weighted by Crippen LogP contribution is -2.19. The van der Waals surface area contributed by atoms with Crippen LogP contribution in [-0.4, -0.2) is 40.6 Å². The maximum Gasteiger partial charge on any atom is 0.243 e. The lowest BCUT2D eigenvalue weighted by molar-refractivity contribution is 0.188. The zero-order valence-corrected chi connectivity index (χ0v) is 13.7. The van der Waals surface area contributed by atoms with E-state index in [0.29, 0.717) is 23.0 Å². The molecule has 5 nitrogen and oxygen atoms in total. The van der Waals surface area contributed by atoms with E-state index in [1.54, 1.807) is 7.11 Å². The highest BCUT2D eigenvalue weighted by Crippen LogP contribution is 2.43. The maximum atomic E-state index is 6.08. The fourth-order valence-corrected chi connectivity index (χ4v) is 5.21. The van der Waals surface area contributed by atoms with Gasteiger partial charge in [-0.15, -0.1) is 11.8 Å². The summed E-state index contributed by atoms with van der Waals surface area (Å²) in [6.45, 7) is 2.93. The summed E-state index contributed by atoms with van der Waals surface area (Å²) in [4.78, 5) is 4.53. The largest absolute Gasteiger partial charge is 0.385 e. The fraction of sp³-hybridized carbons (Fsp3) is 0.846. The Balaban J connectivity index is 1.96. The van der Waals surface area contributed by atoms with E-state index in [0.717, 1.165) is 30.8 Å². The number of nitrogens with two attached hydrogens (primary N) is 1. The van der Waals surface area contributed by atoms with Gasteiger partial charge in [-0.1, -0.05) is 12.1 Å². The second-order valence-electron chi connectivity index (χ2n) is 4.84. The number of nitrogens with zero attached hydrogens (tertiary/aromatic N) is 2. The van der Waals surface area contributed by atoms with E-state index < -0.39 is 0 Å². The van der Waals surface area contributed by atoms with Crippen LogP contribution in [0.3, 0.4) is 0 Å². The Morgan fingerprint density at radius 3 is 3.00 bits per heavy atom. The molecule has 3 atom stereocenters. The molecule has 1 aromatic heterocycles. The number of aromatic nitrogens is 2. The van der Waals surface area contributed by atoms with Gasteiger partial charge in [0.1, 0.15) is 0 Å². The minimum absolute atomic E-state index is 0.187. The summed E-state index contributed by atoms with van der Waals surface area (Å²) < 4.78 is 10.4. The van der Waals surface area contributed by atoms with Crippen LogP contribution in [0.25, 0.3) is 0 Å². The number of methoxy groups -OCH3 is 1. The molecule has 1 aliphatic heterocycles. The molecule has 114 valence electrons. The summed E-state index contributed by atoms with van der Waals surface area (Å²) in [6.07, 6.45) is 2.84. The number of hydrogen-bond acceptors (Lipinski definition) is 7. The molecule has 0 amide bonds. The summed E-state index contributed by atoms with van der Waals surface area (Å²) in [5, 5.41) is 5.06. The van der Waals surface area contributed by atoms with Crippen LogP contribution in [-0.2, 0) is 4.74 Å². The number of rotatable bonds is 7. The molecular weight excluding hydrogens is 294 g/mol. The van der Waals surface area contributed by atoms with Crippen molar-refractivity contribution in [2.45, 2.75) is 42.7 Å². The van der Waals surface area contributed by atoms with E-state index in [2.05, 4.69) is 17.1 Å². The van der Waals surface area contributed by atoms with Crippen molar-refractivity contribution in [1.82, 2.24) is 10.1 Å². The van der Waals surface area contributed by atoms with Crippen molar-refractivity contribution < 1.29 is 9.26 Å². The molecular formula is C13H23N3O2S2. The van der Waals surface area contributed by atoms with Gasteiger partial charge in [0, 0.05) is 30.5 Å². The molecule has 1 aromatic rings. The molecule has 1 aliphatic rings. The van der Waals surface area contributed by atoms with Crippen LogP contribution in [0, 0.1) is 0 Å². The van der Waals surface area contributed by atoms with E-state index >= 15 is 0 Å². The third kappa shape index (κ3) is 4.13. The van der Waals surface area contributed by atoms with Crippen LogP contribution in [0.15, 0.2) is 4.52 Å². The van der Waals surface area contributed by atoms with Gasteiger partial charge in [-0.3, -0.25) is 0 Å². The van der Waals surface area contributed by atoms with E-state index in [1.165, 1.54) is 5.75 Å². The predicted octanol–water partition coefficient (Wildman–Crippen LogP) is 2.80. The van der Waals surface area contributed by atoms with Gasteiger partial charge in [-0.05, 0) is 19.3 Å². The van der Waals surface area contributed by atoms with Crippen LogP contribution >= 0.6 is 23.5 Å². The van der Waals surface area contributed by atoms with Crippen molar-refractivity contribution in [3.63, 3.8) is 0 Å². The summed E-state index contributed by atoms with van der Waals surface area (Å²) in [6, 6.07) is -0.187. The molecule has 1 fully saturated rings.